The molecule has 0 aliphatic heterocycles. The van der Waals surface area contributed by atoms with Gasteiger partial charge in [-0.15, -0.1) is 12.4 Å². The van der Waals surface area contributed by atoms with Crippen LogP contribution >= 0.6 is 12.4 Å². The van der Waals surface area contributed by atoms with Crippen LogP contribution in [-0.2, 0) is 0 Å². The molecule has 0 bridgehead atoms. The molecule has 4 nitrogen and oxygen atoms in total. The zero-order valence-corrected chi connectivity index (χ0v) is 9.67. The molecule has 1 atom stereocenters. The van der Waals surface area contributed by atoms with E-state index in [2.05, 4.69) is 0 Å². The molecule has 90 valence electrons. The van der Waals surface area contributed by atoms with Crippen LogP contribution in [0, 0.1) is 15.9 Å². The Morgan fingerprint density at radius 2 is 2.19 bits per heavy atom. The number of nitro groups is 1. The second-order valence-corrected chi connectivity index (χ2v) is 3.36. The lowest BCUT2D eigenvalue weighted by atomic mass is 10.0. The Hall–Kier alpha value is -1.20. The fourth-order valence-corrected chi connectivity index (χ4v) is 1.38. The van der Waals surface area contributed by atoms with Gasteiger partial charge in [-0.3, -0.25) is 10.1 Å². The van der Waals surface area contributed by atoms with E-state index in [4.69, 9.17) is 5.73 Å². The first-order valence-corrected chi connectivity index (χ1v) is 4.75. The average Bonchev–Trinajstić information content (AvgIpc) is 2.18. The first kappa shape index (κ1) is 14.8. The number of nitro benzene ring substituents is 1. The monoisotopic (exact) mass is 248 g/mol. The topological polar surface area (TPSA) is 69.2 Å². The maximum atomic E-state index is 13.0. The highest BCUT2D eigenvalue weighted by atomic mass is 35.5. The molecule has 0 aliphatic rings. The number of hydrogen-bond acceptors (Lipinski definition) is 3. The van der Waals surface area contributed by atoms with Gasteiger partial charge in [-0.25, -0.2) is 0 Å². The molecule has 0 aromatic heterocycles. The van der Waals surface area contributed by atoms with Crippen molar-refractivity contribution in [3.8, 4) is 0 Å². The standard InChI is InChI=1S/C10H13FN2O2.ClH/c1-2-3-9(12)7-4-5-8(11)10(6-7)13(14)15;/h4-6,9H,2-3,12H2,1H3;1H/t9-;/m0./s1. The second kappa shape index (κ2) is 6.40. The van der Waals surface area contributed by atoms with Crippen LogP contribution in [-0.4, -0.2) is 4.92 Å². The lowest BCUT2D eigenvalue weighted by molar-refractivity contribution is -0.387. The number of halogens is 2. The van der Waals surface area contributed by atoms with Gasteiger partial charge in [0.15, 0.2) is 0 Å². The van der Waals surface area contributed by atoms with E-state index in [0.717, 1.165) is 18.9 Å². The molecule has 0 spiro atoms. The van der Waals surface area contributed by atoms with E-state index in [9.17, 15) is 14.5 Å². The molecule has 1 rings (SSSR count). The first-order valence-electron chi connectivity index (χ1n) is 4.75. The van der Waals surface area contributed by atoms with Crippen molar-refractivity contribution in [2.75, 3.05) is 0 Å². The first-order chi connectivity index (χ1) is 7.06. The molecular weight excluding hydrogens is 235 g/mol. The summed E-state index contributed by atoms with van der Waals surface area (Å²) in [5, 5.41) is 10.5. The van der Waals surface area contributed by atoms with Gasteiger partial charge in [-0.1, -0.05) is 19.4 Å². The fraction of sp³-hybridized carbons (Fsp3) is 0.400. The molecule has 0 saturated heterocycles. The number of nitrogens with two attached hydrogens (primary N) is 1. The summed E-state index contributed by atoms with van der Waals surface area (Å²) < 4.78 is 13.0. The van der Waals surface area contributed by atoms with Crippen molar-refractivity contribution < 1.29 is 9.31 Å². The molecule has 6 heteroatoms. The van der Waals surface area contributed by atoms with Gasteiger partial charge in [0, 0.05) is 12.1 Å². The lowest BCUT2D eigenvalue weighted by Crippen LogP contribution is -2.10. The van der Waals surface area contributed by atoms with Gasteiger partial charge in [0.25, 0.3) is 0 Å². The van der Waals surface area contributed by atoms with E-state index >= 15 is 0 Å². The van der Waals surface area contributed by atoms with Crippen LogP contribution in [0.5, 0.6) is 0 Å². The third kappa shape index (κ3) is 3.43. The second-order valence-electron chi connectivity index (χ2n) is 3.36. The quantitative estimate of drug-likeness (QED) is 0.658. The zero-order chi connectivity index (χ0) is 11.4. The molecule has 1 aromatic carbocycles. The summed E-state index contributed by atoms with van der Waals surface area (Å²) in [5.74, 6) is -0.826. The molecule has 0 radical (unpaired) electrons. The highest BCUT2D eigenvalue weighted by Gasteiger charge is 2.16. The highest BCUT2D eigenvalue weighted by Crippen LogP contribution is 2.23. The van der Waals surface area contributed by atoms with Gasteiger partial charge in [0.05, 0.1) is 4.92 Å². The normalized spacial score (nSPS) is 11.7. The predicted octanol–water partition coefficient (Wildman–Crippen LogP) is 2.96. The third-order valence-corrected chi connectivity index (χ3v) is 2.19. The summed E-state index contributed by atoms with van der Waals surface area (Å²) in [6, 6.07) is 3.51. The summed E-state index contributed by atoms with van der Waals surface area (Å²) in [6.45, 7) is 1.97. The van der Waals surface area contributed by atoms with Crippen molar-refractivity contribution in [2.24, 2.45) is 5.73 Å². The number of benzene rings is 1. The van der Waals surface area contributed by atoms with Crippen molar-refractivity contribution in [3.63, 3.8) is 0 Å². The van der Waals surface area contributed by atoms with Gasteiger partial charge in [-0.2, -0.15) is 4.39 Å². The van der Waals surface area contributed by atoms with Gasteiger partial charge < -0.3 is 5.73 Å². The molecule has 0 unspecified atom stereocenters. The summed E-state index contributed by atoms with van der Waals surface area (Å²) in [4.78, 5) is 9.74. The molecule has 2 N–H and O–H groups in total. The fourth-order valence-electron chi connectivity index (χ4n) is 1.38. The lowest BCUT2D eigenvalue weighted by Gasteiger charge is -2.10. The zero-order valence-electron chi connectivity index (χ0n) is 8.85. The van der Waals surface area contributed by atoms with Crippen LogP contribution in [0.4, 0.5) is 10.1 Å². The van der Waals surface area contributed by atoms with Crippen LogP contribution in [0.1, 0.15) is 31.4 Å². The van der Waals surface area contributed by atoms with Gasteiger partial charge in [0.2, 0.25) is 5.82 Å². The maximum Gasteiger partial charge on any atom is 0.305 e. The van der Waals surface area contributed by atoms with Crippen molar-refractivity contribution in [2.45, 2.75) is 25.8 Å². The number of nitrogens with zero attached hydrogens (tertiary/aromatic N) is 1. The maximum absolute atomic E-state index is 13.0. The summed E-state index contributed by atoms with van der Waals surface area (Å²) in [6.07, 6.45) is 1.61. The largest absolute Gasteiger partial charge is 0.324 e. The van der Waals surface area contributed by atoms with Crippen LogP contribution in [0.25, 0.3) is 0 Å². The Kier molecular flexibility index (Phi) is 5.92. The highest BCUT2D eigenvalue weighted by molar-refractivity contribution is 5.85. The average molecular weight is 249 g/mol. The molecule has 0 amide bonds. The minimum Gasteiger partial charge on any atom is -0.324 e. The Morgan fingerprint density at radius 3 is 2.69 bits per heavy atom. The third-order valence-electron chi connectivity index (χ3n) is 2.19. The Labute approximate surface area is 99.2 Å². The van der Waals surface area contributed by atoms with E-state index < -0.39 is 16.4 Å². The Bertz CT molecular complexity index is 374. The van der Waals surface area contributed by atoms with Crippen molar-refractivity contribution in [3.05, 3.63) is 39.7 Å². The Balaban J connectivity index is 0.00000225. The van der Waals surface area contributed by atoms with E-state index in [1.807, 2.05) is 6.92 Å². The van der Waals surface area contributed by atoms with Gasteiger partial charge >= 0.3 is 5.69 Å². The molecule has 0 aliphatic carbocycles. The van der Waals surface area contributed by atoms with Crippen LogP contribution in [0.2, 0.25) is 0 Å². The SMILES string of the molecule is CCC[C@H](N)c1ccc(F)c([N+](=O)[O-])c1.Cl. The van der Waals surface area contributed by atoms with E-state index in [-0.39, 0.29) is 18.4 Å². The summed E-state index contributed by atoms with van der Waals surface area (Å²) >= 11 is 0. The van der Waals surface area contributed by atoms with Crippen LogP contribution < -0.4 is 5.73 Å². The number of hydrogen-bond donors (Lipinski definition) is 1. The van der Waals surface area contributed by atoms with Crippen molar-refractivity contribution in [1.82, 2.24) is 0 Å². The van der Waals surface area contributed by atoms with Crippen LogP contribution in [0.3, 0.4) is 0 Å². The molecule has 0 saturated carbocycles. The molecule has 0 heterocycles. The Morgan fingerprint density at radius 1 is 1.56 bits per heavy atom. The van der Waals surface area contributed by atoms with E-state index in [1.165, 1.54) is 12.1 Å². The van der Waals surface area contributed by atoms with Crippen LogP contribution in [0.15, 0.2) is 18.2 Å². The van der Waals surface area contributed by atoms with E-state index in [1.54, 1.807) is 0 Å². The minimum absolute atomic E-state index is 0. The molecule has 1 aromatic rings. The molecule has 0 fully saturated rings. The minimum atomic E-state index is -0.826. The van der Waals surface area contributed by atoms with Crippen molar-refractivity contribution >= 4 is 18.1 Å². The van der Waals surface area contributed by atoms with Crippen molar-refractivity contribution in [1.29, 1.82) is 0 Å². The predicted molar refractivity (Wildman–Crippen MR) is 62.1 cm³/mol. The molecular formula is C10H14ClFN2O2. The molecule has 16 heavy (non-hydrogen) atoms. The smallest absolute Gasteiger partial charge is 0.305 e. The summed E-state index contributed by atoms with van der Waals surface area (Å²) in [5.41, 5.74) is 5.87. The van der Waals surface area contributed by atoms with E-state index in [0.29, 0.717) is 5.56 Å². The summed E-state index contributed by atoms with van der Waals surface area (Å²) in [7, 11) is 0. The van der Waals surface area contributed by atoms with Gasteiger partial charge in [0.1, 0.15) is 0 Å². The van der Waals surface area contributed by atoms with Gasteiger partial charge in [-0.05, 0) is 18.1 Å². The number of rotatable bonds is 4.